The molecule has 1 saturated heterocycles. The van der Waals surface area contributed by atoms with Crippen molar-refractivity contribution in [1.82, 2.24) is 0 Å². The van der Waals surface area contributed by atoms with Crippen LogP contribution in [0.25, 0.3) is 0 Å². The lowest BCUT2D eigenvalue weighted by molar-refractivity contribution is -0.122. The molecule has 5 nitrogen and oxygen atoms in total. The molecule has 0 radical (unpaired) electrons. The zero-order chi connectivity index (χ0) is 20.5. The minimum absolute atomic E-state index is 0.0283. The van der Waals surface area contributed by atoms with Crippen molar-refractivity contribution in [2.24, 2.45) is 5.92 Å². The highest BCUT2D eigenvalue weighted by Gasteiger charge is 2.35. The maximum atomic E-state index is 12.9. The molecule has 1 aliphatic heterocycles. The van der Waals surface area contributed by atoms with Crippen molar-refractivity contribution in [2.75, 3.05) is 23.9 Å². The number of nitrogens with zero attached hydrogens (tertiary/aromatic N) is 1. The highest BCUT2D eigenvalue weighted by Crippen LogP contribution is 2.33. The summed E-state index contributed by atoms with van der Waals surface area (Å²) in [6, 6.07) is 13.6. The first kappa shape index (κ1) is 19.9. The van der Waals surface area contributed by atoms with E-state index in [4.69, 9.17) is 4.74 Å². The molecular formula is C23H28N2O3. The number of carbonyl (C=O) groups excluding carboxylic acids is 2. The molecule has 3 rings (SSSR count). The number of aryl methyl sites for hydroxylation is 1. The van der Waals surface area contributed by atoms with Crippen LogP contribution in [-0.4, -0.2) is 25.5 Å². The van der Waals surface area contributed by atoms with E-state index in [0.29, 0.717) is 18.0 Å². The van der Waals surface area contributed by atoms with E-state index in [1.54, 1.807) is 12.0 Å². The maximum Gasteiger partial charge on any atom is 0.229 e. The minimum Gasteiger partial charge on any atom is -0.495 e. The monoisotopic (exact) mass is 380 g/mol. The summed E-state index contributed by atoms with van der Waals surface area (Å²) >= 11 is 0. The molecule has 2 aromatic carbocycles. The summed E-state index contributed by atoms with van der Waals surface area (Å²) in [5, 5.41) is 2.97. The maximum absolute atomic E-state index is 12.9. The van der Waals surface area contributed by atoms with Gasteiger partial charge in [0.25, 0.3) is 0 Å². The summed E-state index contributed by atoms with van der Waals surface area (Å²) in [6.45, 7) is 8.75. The van der Waals surface area contributed by atoms with Crippen LogP contribution < -0.4 is 15.0 Å². The average molecular weight is 380 g/mol. The summed E-state index contributed by atoms with van der Waals surface area (Å²) < 4.78 is 5.41. The topological polar surface area (TPSA) is 58.6 Å². The number of methoxy groups -OCH3 is 1. The third-order valence-electron chi connectivity index (χ3n) is 5.16. The highest BCUT2D eigenvalue weighted by atomic mass is 16.5. The van der Waals surface area contributed by atoms with Crippen LogP contribution >= 0.6 is 0 Å². The Hall–Kier alpha value is -2.82. The van der Waals surface area contributed by atoms with Crippen molar-refractivity contribution in [3.63, 3.8) is 0 Å². The van der Waals surface area contributed by atoms with E-state index < -0.39 is 5.92 Å². The van der Waals surface area contributed by atoms with Crippen LogP contribution in [-0.2, 0) is 15.0 Å². The first-order valence-electron chi connectivity index (χ1n) is 9.55. The zero-order valence-corrected chi connectivity index (χ0v) is 17.2. The van der Waals surface area contributed by atoms with Gasteiger partial charge >= 0.3 is 0 Å². The lowest BCUT2D eigenvalue weighted by Crippen LogP contribution is -2.28. The van der Waals surface area contributed by atoms with Crippen LogP contribution in [0.3, 0.4) is 0 Å². The van der Waals surface area contributed by atoms with Crippen molar-refractivity contribution in [1.29, 1.82) is 0 Å². The molecule has 28 heavy (non-hydrogen) atoms. The standard InChI is InChI=1S/C23H28N2O3/c1-15-6-9-18(10-7-15)25-14-16(12-21(25)26)22(27)24-19-13-17(23(2,3)4)8-11-20(19)28-5/h6-11,13,16H,12,14H2,1-5H3,(H,24,27). The Balaban J connectivity index is 1.76. The Morgan fingerprint density at radius 1 is 1.14 bits per heavy atom. The molecule has 0 saturated carbocycles. The molecule has 148 valence electrons. The van der Waals surface area contributed by atoms with Crippen LogP contribution in [0.4, 0.5) is 11.4 Å². The van der Waals surface area contributed by atoms with Crippen LogP contribution in [0.1, 0.15) is 38.3 Å². The predicted molar refractivity (Wildman–Crippen MR) is 112 cm³/mol. The number of ether oxygens (including phenoxy) is 1. The summed E-state index contributed by atoms with van der Waals surface area (Å²) in [5.41, 5.74) is 3.67. The Labute approximate surface area is 166 Å². The normalized spacial score (nSPS) is 17.0. The van der Waals surface area contributed by atoms with Crippen LogP contribution in [0.15, 0.2) is 42.5 Å². The summed E-state index contributed by atoms with van der Waals surface area (Å²) in [5.74, 6) is 0.0320. The molecule has 0 bridgehead atoms. The lowest BCUT2D eigenvalue weighted by atomic mass is 9.86. The minimum atomic E-state index is -0.392. The zero-order valence-electron chi connectivity index (χ0n) is 17.2. The van der Waals surface area contributed by atoms with Gasteiger partial charge in [0.05, 0.1) is 18.7 Å². The van der Waals surface area contributed by atoms with Gasteiger partial charge in [0.2, 0.25) is 11.8 Å². The van der Waals surface area contributed by atoms with Crippen LogP contribution in [0, 0.1) is 12.8 Å². The first-order valence-corrected chi connectivity index (χ1v) is 9.55. The average Bonchev–Trinajstić information content (AvgIpc) is 3.03. The molecule has 1 N–H and O–H groups in total. The number of rotatable bonds is 4. The van der Waals surface area contributed by atoms with E-state index in [2.05, 4.69) is 26.1 Å². The highest BCUT2D eigenvalue weighted by molar-refractivity contribution is 6.04. The number of anilines is 2. The van der Waals surface area contributed by atoms with E-state index in [1.165, 1.54) is 0 Å². The first-order chi connectivity index (χ1) is 13.2. The molecule has 1 atom stereocenters. The number of hydrogen-bond acceptors (Lipinski definition) is 3. The smallest absolute Gasteiger partial charge is 0.229 e. The predicted octanol–water partition coefficient (Wildman–Crippen LogP) is 4.29. The van der Waals surface area contributed by atoms with Crippen molar-refractivity contribution in [2.45, 2.75) is 39.5 Å². The Kier molecular flexibility index (Phi) is 5.45. The summed E-state index contributed by atoms with van der Waals surface area (Å²) in [7, 11) is 1.58. The third-order valence-corrected chi connectivity index (χ3v) is 5.16. The van der Waals surface area contributed by atoms with E-state index in [9.17, 15) is 9.59 Å². The Morgan fingerprint density at radius 3 is 2.43 bits per heavy atom. The molecule has 1 unspecified atom stereocenters. The third kappa shape index (κ3) is 4.19. The Bertz CT molecular complexity index is 882. The summed E-state index contributed by atoms with van der Waals surface area (Å²) in [4.78, 5) is 27.0. The second-order valence-corrected chi connectivity index (χ2v) is 8.40. The van der Waals surface area contributed by atoms with Crippen molar-refractivity contribution in [3.05, 3.63) is 53.6 Å². The molecule has 0 aliphatic carbocycles. The van der Waals surface area contributed by atoms with E-state index >= 15 is 0 Å². The molecule has 0 spiro atoms. The fourth-order valence-corrected chi connectivity index (χ4v) is 3.36. The molecule has 2 amide bonds. The van der Waals surface area contributed by atoms with Crippen molar-refractivity contribution >= 4 is 23.2 Å². The molecule has 1 heterocycles. The summed E-state index contributed by atoms with van der Waals surface area (Å²) in [6.07, 6.45) is 0.209. The largest absolute Gasteiger partial charge is 0.495 e. The van der Waals surface area contributed by atoms with Gasteiger partial charge in [0, 0.05) is 18.7 Å². The van der Waals surface area contributed by atoms with Crippen LogP contribution in [0.5, 0.6) is 5.75 Å². The van der Waals surface area contributed by atoms with Crippen LogP contribution in [0.2, 0.25) is 0 Å². The molecular weight excluding hydrogens is 352 g/mol. The lowest BCUT2D eigenvalue weighted by Gasteiger charge is -2.22. The molecule has 0 aromatic heterocycles. The SMILES string of the molecule is COc1ccc(C(C)(C)C)cc1NC(=O)C1CC(=O)N(c2ccc(C)cc2)C1. The molecule has 1 aliphatic rings. The van der Waals surface area contributed by atoms with Gasteiger partial charge in [-0.15, -0.1) is 0 Å². The second-order valence-electron chi connectivity index (χ2n) is 8.40. The van der Waals surface area contributed by atoms with Gasteiger partial charge in [-0.2, -0.15) is 0 Å². The van der Waals surface area contributed by atoms with Gasteiger partial charge in [-0.05, 0) is 42.2 Å². The number of carbonyl (C=O) groups is 2. The van der Waals surface area contributed by atoms with E-state index in [1.807, 2.05) is 49.4 Å². The molecule has 2 aromatic rings. The number of benzene rings is 2. The fourth-order valence-electron chi connectivity index (χ4n) is 3.36. The van der Waals surface area contributed by atoms with Gasteiger partial charge in [-0.1, -0.05) is 44.5 Å². The van der Waals surface area contributed by atoms with Crippen molar-refractivity contribution in [3.8, 4) is 5.75 Å². The number of nitrogens with one attached hydrogen (secondary N) is 1. The van der Waals surface area contributed by atoms with Gasteiger partial charge in [-0.25, -0.2) is 0 Å². The van der Waals surface area contributed by atoms with Gasteiger partial charge in [0.15, 0.2) is 0 Å². The molecule has 1 fully saturated rings. The van der Waals surface area contributed by atoms with Gasteiger partial charge in [-0.3, -0.25) is 9.59 Å². The second kappa shape index (κ2) is 7.66. The van der Waals surface area contributed by atoms with Crippen molar-refractivity contribution < 1.29 is 14.3 Å². The van der Waals surface area contributed by atoms with Gasteiger partial charge < -0.3 is 15.0 Å². The number of amides is 2. The molecule has 5 heteroatoms. The number of hydrogen-bond donors (Lipinski definition) is 1. The van der Waals surface area contributed by atoms with E-state index in [0.717, 1.165) is 16.8 Å². The fraction of sp³-hybridized carbons (Fsp3) is 0.391. The van der Waals surface area contributed by atoms with E-state index in [-0.39, 0.29) is 23.7 Å². The van der Waals surface area contributed by atoms with Gasteiger partial charge in [0.1, 0.15) is 5.75 Å². The Morgan fingerprint density at radius 2 is 1.82 bits per heavy atom. The quantitative estimate of drug-likeness (QED) is 0.861.